The molecule has 1 unspecified atom stereocenters. The van der Waals surface area contributed by atoms with E-state index in [1.54, 1.807) is 38.4 Å². The molecule has 1 fully saturated rings. The zero-order chi connectivity index (χ0) is 18.3. The molecular formula is C18H25N4O3+. The Morgan fingerprint density at radius 1 is 1.20 bits per heavy atom. The molecule has 0 aliphatic heterocycles. The summed E-state index contributed by atoms with van der Waals surface area (Å²) >= 11 is 0. The number of methoxy groups -OCH3 is 1. The Labute approximate surface area is 147 Å². The predicted octanol–water partition coefficient (Wildman–Crippen LogP) is 0.101. The minimum absolute atomic E-state index is 0.152. The van der Waals surface area contributed by atoms with Gasteiger partial charge in [0.15, 0.2) is 13.1 Å². The summed E-state index contributed by atoms with van der Waals surface area (Å²) in [4.78, 5) is 25.0. The van der Waals surface area contributed by atoms with Crippen LogP contribution in [0.25, 0.3) is 0 Å². The molecular weight excluding hydrogens is 320 g/mol. The summed E-state index contributed by atoms with van der Waals surface area (Å²) in [6.07, 6.45) is 3.32. The number of hydrogen-bond donors (Lipinski definition) is 3. The summed E-state index contributed by atoms with van der Waals surface area (Å²) in [5, 5.41) is 14.9. The van der Waals surface area contributed by atoms with E-state index in [4.69, 9.17) is 4.74 Å². The van der Waals surface area contributed by atoms with Crippen molar-refractivity contribution in [3.05, 3.63) is 24.3 Å². The second kappa shape index (κ2) is 8.49. The summed E-state index contributed by atoms with van der Waals surface area (Å²) in [7, 11) is 3.36. The Bertz CT molecular complexity index is 645. The van der Waals surface area contributed by atoms with Crippen LogP contribution < -0.4 is 20.3 Å². The summed E-state index contributed by atoms with van der Waals surface area (Å²) in [6.45, 7) is 0.318. The Morgan fingerprint density at radius 3 is 2.36 bits per heavy atom. The van der Waals surface area contributed by atoms with Crippen LogP contribution in [0.3, 0.4) is 0 Å². The monoisotopic (exact) mass is 345 g/mol. The number of nitrogens with one attached hydrogen (secondary N) is 3. The SMILES string of the molecule is COc1ccc(NC(=O)C[NH+](C)CC(=O)NC2(C#N)CCCC2)cc1. The molecule has 134 valence electrons. The van der Waals surface area contributed by atoms with E-state index in [2.05, 4.69) is 16.7 Å². The van der Waals surface area contributed by atoms with Gasteiger partial charge in [0.1, 0.15) is 11.3 Å². The van der Waals surface area contributed by atoms with Gasteiger partial charge in [-0.2, -0.15) is 5.26 Å². The van der Waals surface area contributed by atoms with Crippen LogP contribution in [0.5, 0.6) is 5.75 Å². The molecule has 2 amide bonds. The molecule has 1 aliphatic carbocycles. The fraction of sp³-hybridized carbons (Fsp3) is 0.500. The number of carbonyl (C=O) groups excluding carboxylic acids is 2. The first-order valence-electron chi connectivity index (χ1n) is 8.44. The number of anilines is 1. The number of ether oxygens (including phenoxy) is 1. The fourth-order valence-electron chi connectivity index (χ4n) is 3.04. The average Bonchev–Trinajstić information content (AvgIpc) is 3.04. The molecule has 0 aromatic heterocycles. The van der Waals surface area contributed by atoms with Crippen molar-refractivity contribution in [1.82, 2.24) is 5.32 Å². The number of nitriles is 1. The standard InChI is InChI=1S/C18H24N4O3/c1-22(12-17(24)21-18(13-19)9-3-4-10-18)11-16(23)20-14-5-7-15(25-2)8-6-14/h5-8H,3-4,9-12H2,1-2H3,(H,20,23)(H,21,24)/p+1. The lowest BCUT2D eigenvalue weighted by Gasteiger charge is -2.22. The molecule has 0 saturated heterocycles. The van der Waals surface area contributed by atoms with Crippen LogP contribution in [-0.2, 0) is 9.59 Å². The first kappa shape index (κ1) is 18.7. The van der Waals surface area contributed by atoms with Crippen molar-refractivity contribution in [2.75, 3.05) is 32.6 Å². The van der Waals surface area contributed by atoms with E-state index >= 15 is 0 Å². The largest absolute Gasteiger partial charge is 0.497 e. The molecule has 1 aromatic rings. The summed E-state index contributed by atoms with van der Waals surface area (Å²) in [5.41, 5.74) is -0.0413. The van der Waals surface area contributed by atoms with Gasteiger partial charge in [0.25, 0.3) is 11.8 Å². The first-order chi connectivity index (χ1) is 12.0. The van der Waals surface area contributed by atoms with Crippen LogP contribution in [0.1, 0.15) is 25.7 Å². The molecule has 3 N–H and O–H groups in total. The van der Waals surface area contributed by atoms with Crippen molar-refractivity contribution in [2.24, 2.45) is 0 Å². The van der Waals surface area contributed by atoms with Crippen molar-refractivity contribution in [3.8, 4) is 11.8 Å². The molecule has 1 aromatic carbocycles. The highest BCUT2D eigenvalue weighted by Gasteiger charge is 2.35. The third-order valence-electron chi connectivity index (χ3n) is 4.35. The van der Waals surface area contributed by atoms with E-state index in [1.807, 2.05) is 0 Å². The Kier molecular flexibility index (Phi) is 6.37. The third-order valence-corrected chi connectivity index (χ3v) is 4.35. The van der Waals surface area contributed by atoms with E-state index in [1.165, 1.54) is 0 Å². The number of benzene rings is 1. The zero-order valence-electron chi connectivity index (χ0n) is 14.7. The molecule has 1 atom stereocenters. The minimum Gasteiger partial charge on any atom is -0.497 e. The normalized spacial score (nSPS) is 16.5. The fourth-order valence-corrected chi connectivity index (χ4v) is 3.04. The van der Waals surface area contributed by atoms with Gasteiger partial charge in [-0.25, -0.2) is 0 Å². The molecule has 7 nitrogen and oxygen atoms in total. The van der Waals surface area contributed by atoms with Crippen LogP contribution in [0.15, 0.2) is 24.3 Å². The van der Waals surface area contributed by atoms with Gasteiger partial charge in [-0.15, -0.1) is 0 Å². The third kappa shape index (κ3) is 5.47. The van der Waals surface area contributed by atoms with Gasteiger partial charge < -0.3 is 20.3 Å². The maximum absolute atomic E-state index is 12.2. The van der Waals surface area contributed by atoms with Crippen LogP contribution in [0.4, 0.5) is 5.69 Å². The minimum atomic E-state index is -0.720. The van der Waals surface area contributed by atoms with Gasteiger partial charge in [-0.05, 0) is 49.9 Å². The number of quaternary nitrogens is 1. The second-order valence-electron chi connectivity index (χ2n) is 6.54. The molecule has 0 heterocycles. The van der Waals surface area contributed by atoms with Crippen LogP contribution >= 0.6 is 0 Å². The maximum Gasteiger partial charge on any atom is 0.279 e. The van der Waals surface area contributed by atoms with E-state index in [-0.39, 0.29) is 24.9 Å². The zero-order valence-corrected chi connectivity index (χ0v) is 14.7. The molecule has 0 bridgehead atoms. The van der Waals surface area contributed by atoms with Gasteiger partial charge in [0, 0.05) is 5.69 Å². The van der Waals surface area contributed by atoms with Gasteiger partial charge in [0.05, 0.1) is 20.2 Å². The van der Waals surface area contributed by atoms with Gasteiger partial charge in [-0.3, -0.25) is 9.59 Å². The number of nitrogens with zero attached hydrogens (tertiary/aromatic N) is 1. The van der Waals surface area contributed by atoms with Crippen molar-refractivity contribution in [1.29, 1.82) is 5.26 Å². The molecule has 0 spiro atoms. The molecule has 2 rings (SSSR count). The van der Waals surface area contributed by atoms with Gasteiger partial charge in [0.2, 0.25) is 0 Å². The molecule has 25 heavy (non-hydrogen) atoms. The van der Waals surface area contributed by atoms with E-state index < -0.39 is 5.54 Å². The van der Waals surface area contributed by atoms with E-state index in [9.17, 15) is 14.9 Å². The number of amides is 2. The summed E-state index contributed by atoms with van der Waals surface area (Å²) in [6, 6.07) is 9.29. The lowest BCUT2D eigenvalue weighted by atomic mass is 10.00. The van der Waals surface area contributed by atoms with Crippen molar-refractivity contribution < 1.29 is 19.2 Å². The van der Waals surface area contributed by atoms with Crippen molar-refractivity contribution in [3.63, 3.8) is 0 Å². The highest BCUT2D eigenvalue weighted by atomic mass is 16.5. The van der Waals surface area contributed by atoms with E-state index in [0.29, 0.717) is 18.5 Å². The van der Waals surface area contributed by atoms with Crippen molar-refractivity contribution in [2.45, 2.75) is 31.2 Å². The Morgan fingerprint density at radius 2 is 1.80 bits per heavy atom. The predicted molar refractivity (Wildman–Crippen MR) is 93.2 cm³/mol. The van der Waals surface area contributed by atoms with Gasteiger partial charge >= 0.3 is 0 Å². The summed E-state index contributed by atoms with van der Waals surface area (Å²) in [5.74, 6) is 0.347. The highest BCUT2D eigenvalue weighted by molar-refractivity contribution is 5.91. The van der Waals surface area contributed by atoms with Crippen molar-refractivity contribution >= 4 is 17.5 Å². The first-order valence-corrected chi connectivity index (χ1v) is 8.44. The molecule has 7 heteroatoms. The quantitative estimate of drug-likeness (QED) is 0.653. The number of likely N-dealkylation sites (N-methyl/N-ethyl adjacent to an activating group) is 1. The molecule has 1 saturated carbocycles. The topological polar surface area (TPSA) is 95.7 Å². The Balaban J connectivity index is 1.78. The molecule has 0 radical (unpaired) electrons. The maximum atomic E-state index is 12.2. The molecule has 1 aliphatic rings. The van der Waals surface area contributed by atoms with E-state index in [0.717, 1.165) is 23.5 Å². The van der Waals surface area contributed by atoms with Gasteiger partial charge in [-0.1, -0.05) is 0 Å². The second-order valence-corrected chi connectivity index (χ2v) is 6.54. The van der Waals surface area contributed by atoms with Crippen LogP contribution in [0, 0.1) is 11.3 Å². The summed E-state index contributed by atoms with van der Waals surface area (Å²) < 4.78 is 5.07. The highest BCUT2D eigenvalue weighted by Crippen LogP contribution is 2.28. The van der Waals surface area contributed by atoms with Crippen LogP contribution in [0.2, 0.25) is 0 Å². The smallest absolute Gasteiger partial charge is 0.279 e. The lowest BCUT2D eigenvalue weighted by Crippen LogP contribution is -3.11. The average molecular weight is 345 g/mol. The number of carbonyl (C=O) groups is 2. The van der Waals surface area contributed by atoms with Crippen LogP contribution in [-0.4, -0.2) is 44.6 Å². The Hall–Kier alpha value is -2.59. The number of hydrogen-bond acceptors (Lipinski definition) is 4. The number of rotatable bonds is 7. The lowest BCUT2D eigenvalue weighted by molar-refractivity contribution is -0.862.